The zero-order chi connectivity index (χ0) is 8.39. The van der Waals surface area contributed by atoms with Crippen LogP contribution < -0.4 is 5.32 Å². The highest BCUT2D eigenvalue weighted by Gasteiger charge is 2.19. The molecule has 2 nitrogen and oxygen atoms in total. The van der Waals surface area contributed by atoms with Crippen molar-refractivity contribution in [3.05, 3.63) is 35.4 Å². The third-order valence-corrected chi connectivity index (χ3v) is 2.35. The van der Waals surface area contributed by atoms with Crippen LogP contribution in [-0.4, -0.2) is 12.5 Å². The molecule has 0 spiro atoms. The highest BCUT2D eigenvalue weighted by Crippen LogP contribution is 2.20. The molecule has 0 saturated carbocycles. The van der Waals surface area contributed by atoms with Gasteiger partial charge in [-0.05, 0) is 24.0 Å². The van der Waals surface area contributed by atoms with Gasteiger partial charge in [0.2, 0.25) is 6.41 Å². The number of fused-ring (bicyclic) bond motifs is 1. The molecular formula is C10H13NO. The van der Waals surface area contributed by atoms with Crippen molar-refractivity contribution in [2.75, 3.05) is 0 Å². The Labute approximate surface area is 73.1 Å². The van der Waals surface area contributed by atoms with E-state index < -0.39 is 0 Å². The minimum Gasteiger partial charge on any atom is -0.355 e. The Kier molecular flexibility index (Phi) is 1.82. The predicted octanol–water partition coefficient (Wildman–Crippen LogP) is 1.15. The maximum atomic E-state index is 10.2. The van der Waals surface area contributed by atoms with E-state index in [0.29, 0.717) is 6.04 Å². The highest BCUT2D eigenvalue weighted by atomic mass is 16.1. The third-order valence-electron chi connectivity index (χ3n) is 2.35. The van der Waals surface area contributed by atoms with Gasteiger partial charge in [-0.3, -0.25) is 4.79 Å². The van der Waals surface area contributed by atoms with E-state index in [4.69, 9.17) is 0 Å². The average molecular weight is 163 g/mol. The van der Waals surface area contributed by atoms with Crippen LogP contribution in [0.4, 0.5) is 0 Å². The Morgan fingerprint density at radius 2 is 1.92 bits per heavy atom. The molecule has 64 valence electrons. The van der Waals surface area contributed by atoms with Crippen LogP contribution >= 0.6 is 0 Å². The number of hydrogen-bond donors (Lipinski definition) is 1. The minimum atomic E-state index is 0. The van der Waals surface area contributed by atoms with Crippen molar-refractivity contribution >= 4 is 6.41 Å². The van der Waals surface area contributed by atoms with E-state index >= 15 is 0 Å². The molecule has 1 aromatic carbocycles. The third kappa shape index (κ3) is 1.20. The summed E-state index contributed by atoms with van der Waals surface area (Å²) in [7, 11) is 0. The van der Waals surface area contributed by atoms with Gasteiger partial charge in [-0.15, -0.1) is 0 Å². The van der Waals surface area contributed by atoms with Gasteiger partial charge in [0.15, 0.2) is 0 Å². The SMILES string of the molecule is O=CNC1Cc2ccccc2C1.[HH]. The summed E-state index contributed by atoms with van der Waals surface area (Å²) in [5, 5.41) is 2.81. The molecule has 12 heavy (non-hydrogen) atoms. The number of nitrogens with one attached hydrogen (secondary N) is 1. The normalized spacial score (nSPS) is 15.7. The molecule has 0 heterocycles. The van der Waals surface area contributed by atoms with Crippen molar-refractivity contribution < 1.29 is 6.22 Å². The highest BCUT2D eigenvalue weighted by molar-refractivity contribution is 5.48. The molecule has 0 aliphatic heterocycles. The van der Waals surface area contributed by atoms with Gasteiger partial charge in [0.05, 0.1) is 0 Å². The van der Waals surface area contributed by atoms with Crippen molar-refractivity contribution in [3.8, 4) is 0 Å². The van der Waals surface area contributed by atoms with E-state index in [2.05, 4.69) is 17.4 Å². The van der Waals surface area contributed by atoms with Crippen LogP contribution in [0.25, 0.3) is 0 Å². The zero-order valence-corrected chi connectivity index (χ0v) is 6.79. The largest absolute Gasteiger partial charge is 0.355 e. The van der Waals surface area contributed by atoms with Crippen LogP contribution in [0, 0.1) is 0 Å². The molecule has 0 unspecified atom stereocenters. The summed E-state index contributed by atoms with van der Waals surface area (Å²) < 4.78 is 0. The van der Waals surface area contributed by atoms with Crippen molar-refractivity contribution in [2.45, 2.75) is 18.9 Å². The standard InChI is InChI=1S/C10H11NO.H2/c12-7-11-10-5-8-3-1-2-4-9(8)6-10;/h1-4,7,10H,5-6H2,(H,11,12);1H. The summed E-state index contributed by atoms with van der Waals surface area (Å²) in [5.41, 5.74) is 2.74. The Morgan fingerprint density at radius 3 is 2.42 bits per heavy atom. The van der Waals surface area contributed by atoms with E-state index in [1.807, 2.05) is 12.1 Å². The van der Waals surface area contributed by atoms with Crippen molar-refractivity contribution in [1.29, 1.82) is 0 Å². The molecule has 1 aromatic rings. The topological polar surface area (TPSA) is 29.1 Å². The van der Waals surface area contributed by atoms with Crippen LogP contribution in [-0.2, 0) is 17.6 Å². The lowest BCUT2D eigenvalue weighted by Crippen LogP contribution is -2.27. The molecule has 2 rings (SSSR count). The summed E-state index contributed by atoms with van der Waals surface area (Å²) in [6.45, 7) is 0. The molecule has 0 saturated heterocycles. The lowest BCUT2D eigenvalue weighted by molar-refractivity contribution is -0.110. The number of hydrogen-bond acceptors (Lipinski definition) is 1. The minimum absolute atomic E-state index is 0. The lowest BCUT2D eigenvalue weighted by atomic mass is 10.1. The molecule has 0 fully saturated rings. The molecule has 0 bridgehead atoms. The Morgan fingerprint density at radius 1 is 1.33 bits per heavy atom. The van der Waals surface area contributed by atoms with Gasteiger partial charge in [-0.2, -0.15) is 0 Å². The monoisotopic (exact) mass is 163 g/mol. The fraction of sp³-hybridized carbons (Fsp3) is 0.300. The fourth-order valence-corrected chi connectivity index (χ4v) is 1.77. The average Bonchev–Trinajstić information content (AvgIpc) is 2.47. The first-order valence-electron chi connectivity index (χ1n) is 4.16. The number of amides is 1. The van der Waals surface area contributed by atoms with Crippen molar-refractivity contribution in [3.63, 3.8) is 0 Å². The van der Waals surface area contributed by atoms with E-state index in [-0.39, 0.29) is 1.43 Å². The number of carbonyl (C=O) groups excluding carboxylic acids is 1. The Bertz CT molecular complexity index is 276. The lowest BCUT2D eigenvalue weighted by Gasteiger charge is -2.04. The summed E-state index contributed by atoms with van der Waals surface area (Å²) >= 11 is 0. The van der Waals surface area contributed by atoms with Gasteiger partial charge in [-0.25, -0.2) is 0 Å². The molecule has 0 radical (unpaired) electrons. The van der Waals surface area contributed by atoms with Gasteiger partial charge in [-0.1, -0.05) is 24.3 Å². The molecule has 0 aromatic heterocycles. The zero-order valence-electron chi connectivity index (χ0n) is 6.79. The molecular weight excluding hydrogens is 150 g/mol. The summed E-state index contributed by atoms with van der Waals surface area (Å²) in [6.07, 6.45) is 2.75. The van der Waals surface area contributed by atoms with Gasteiger partial charge in [0, 0.05) is 7.47 Å². The van der Waals surface area contributed by atoms with Crippen LogP contribution in [0.3, 0.4) is 0 Å². The van der Waals surface area contributed by atoms with E-state index in [0.717, 1.165) is 19.3 Å². The number of benzene rings is 1. The van der Waals surface area contributed by atoms with Gasteiger partial charge >= 0.3 is 0 Å². The molecule has 1 aliphatic carbocycles. The van der Waals surface area contributed by atoms with Crippen molar-refractivity contribution in [1.82, 2.24) is 5.32 Å². The Hall–Kier alpha value is -1.31. The number of rotatable bonds is 2. The summed E-state index contributed by atoms with van der Waals surface area (Å²) in [5.74, 6) is 0. The first-order chi connectivity index (χ1) is 5.90. The van der Waals surface area contributed by atoms with Gasteiger partial charge in [0.25, 0.3) is 0 Å². The summed E-state index contributed by atoms with van der Waals surface area (Å²) in [6, 6.07) is 8.66. The van der Waals surface area contributed by atoms with Crippen LogP contribution in [0.15, 0.2) is 24.3 Å². The maximum absolute atomic E-state index is 10.2. The Balaban J connectivity index is 0.000000845. The second kappa shape index (κ2) is 2.97. The quantitative estimate of drug-likeness (QED) is 0.651. The maximum Gasteiger partial charge on any atom is 0.207 e. The second-order valence-corrected chi connectivity index (χ2v) is 3.16. The summed E-state index contributed by atoms with van der Waals surface area (Å²) in [4.78, 5) is 10.2. The van der Waals surface area contributed by atoms with Gasteiger partial charge in [0.1, 0.15) is 0 Å². The smallest absolute Gasteiger partial charge is 0.207 e. The first kappa shape index (κ1) is 7.35. The molecule has 1 N–H and O–H groups in total. The van der Waals surface area contributed by atoms with Crippen LogP contribution in [0.2, 0.25) is 0 Å². The van der Waals surface area contributed by atoms with E-state index in [1.165, 1.54) is 11.1 Å². The van der Waals surface area contributed by atoms with Gasteiger partial charge < -0.3 is 5.32 Å². The predicted molar refractivity (Wildman–Crippen MR) is 49.0 cm³/mol. The molecule has 2 heteroatoms. The van der Waals surface area contributed by atoms with Crippen LogP contribution in [0.1, 0.15) is 12.6 Å². The van der Waals surface area contributed by atoms with E-state index in [9.17, 15) is 4.79 Å². The molecule has 1 amide bonds. The second-order valence-electron chi connectivity index (χ2n) is 3.16. The van der Waals surface area contributed by atoms with E-state index in [1.54, 1.807) is 0 Å². The first-order valence-corrected chi connectivity index (χ1v) is 4.16. The van der Waals surface area contributed by atoms with Crippen LogP contribution in [0.5, 0.6) is 0 Å². The molecule has 0 atom stereocenters. The number of carbonyl (C=O) groups is 1. The molecule has 1 aliphatic rings. The fourth-order valence-electron chi connectivity index (χ4n) is 1.77. The van der Waals surface area contributed by atoms with Crippen molar-refractivity contribution in [2.24, 2.45) is 0 Å².